The van der Waals surface area contributed by atoms with Crippen LogP contribution in [0, 0.1) is 0 Å². The van der Waals surface area contributed by atoms with Crippen molar-refractivity contribution in [3.05, 3.63) is 35.0 Å². The standard InChI is InChI=1S/C17H23ClN4O/c1-4-7-13-11-16(22(5-2)6-3)21-17(19-13)20-14-10-12(18)8-9-15(14)23/h8-11,23H,4-7H2,1-3H3,(H,19,20,21). The minimum absolute atomic E-state index is 0.114. The highest BCUT2D eigenvalue weighted by Crippen LogP contribution is 2.29. The fraction of sp³-hybridized carbons (Fsp3) is 0.412. The van der Waals surface area contributed by atoms with Crippen LogP contribution in [-0.2, 0) is 6.42 Å². The van der Waals surface area contributed by atoms with E-state index in [1.807, 2.05) is 6.07 Å². The van der Waals surface area contributed by atoms with Gasteiger partial charge in [-0.25, -0.2) is 4.98 Å². The number of hydrogen-bond acceptors (Lipinski definition) is 5. The van der Waals surface area contributed by atoms with Gasteiger partial charge in [-0.15, -0.1) is 0 Å². The Bertz CT molecular complexity index is 659. The Labute approximate surface area is 142 Å². The molecule has 0 radical (unpaired) electrons. The van der Waals surface area contributed by atoms with Crippen molar-refractivity contribution in [2.24, 2.45) is 0 Å². The molecule has 124 valence electrons. The van der Waals surface area contributed by atoms with Crippen LogP contribution in [0.1, 0.15) is 32.9 Å². The number of phenolic OH excluding ortho intramolecular Hbond substituents is 1. The van der Waals surface area contributed by atoms with Gasteiger partial charge in [-0.3, -0.25) is 0 Å². The first-order chi connectivity index (χ1) is 11.1. The number of benzene rings is 1. The molecule has 0 aliphatic heterocycles. The third-order valence-corrected chi connectivity index (χ3v) is 3.80. The van der Waals surface area contributed by atoms with Gasteiger partial charge in [0.05, 0.1) is 5.69 Å². The van der Waals surface area contributed by atoms with Crippen molar-refractivity contribution in [2.45, 2.75) is 33.6 Å². The number of aryl methyl sites for hydroxylation is 1. The lowest BCUT2D eigenvalue weighted by molar-refractivity contribution is 0.477. The molecule has 1 aromatic heterocycles. The Kier molecular flexibility index (Phi) is 6.04. The highest BCUT2D eigenvalue weighted by molar-refractivity contribution is 6.30. The van der Waals surface area contributed by atoms with Crippen LogP contribution < -0.4 is 10.2 Å². The van der Waals surface area contributed by atoms with E-state index in [1.165, 1.54) is 0 Å². The largest absolute Gasteiger partial charge is 0.506 e. The molecule has 0 amide bonds. The van der Waals surface area contributed by atoms with Gasteiger partial charge in [-0.1, -0.05) is 24.9 Å². The van der Waals surface area contributed by atoms with Gasteiger partial charge in [-0.2, -0.15) is 4.98 Å². The van der Waals surface area contributed by atoms with Crippen LogP contribution in [0.15, 0.2) is 24.3 Å². The number of aromatic nitrogens is 2. The number of anilines is 3. The van der Waals surface area contributed by atoms with E-state index in [1.54, 1.807) is 18.2 Å². The van der Waals surface area contributed by atoms with Crippen LogP contribution in [-0.4, -0.2) is 28.2 Å². The average molecular weight is 335 g/mol. The van der Waals surface area contributed by atoms with E-state index in [-0.39, 0.29) is 5.75 Å². The summed E-state index contributed by atoms with van der Waals surface area (Å²) in [4.78, 5) is 11.3. The van der Waals surface area contributed by atoms with Crippen LogP contribution in [0.3, 0.4) is 0 Å². The third-order valence-electron chi connectivity index (χ3n) is 3.56. The van der Waals surface area contributed by atoms with Crippen LogP contribution in [0.2, 0.25) is 5.02 Å². The van der Waals surface area contributed by atoms with Crippen molar-refractivity contribution in [1.82, 2.24) is 9.97 Å². The van der Waals surface area contributed by atoms with Gasteiger partial charge in [0.15, 0.2) is 0 Å². The number of rotatable bonds is 7. The van der Waals surface area contributed by atoms with Crippen molar-refractivity contribution < 1.29 is 5.11 Å². The van der Waals surface area contributed by atoms with E-state index in [4.69, 9.17) is 11.6 Å². The molecule has 0 atom stereocenters. The van der Waals surface area contributed by atoms with Gasteiger partial charge >= 0.3 is 0 Å². The summed E-state index contributed by atoms with van der Waals surface area (Å²) in [6.45, 7) is 8.07. The molecule has 5 nitrogen and oxygen atoms in total. The summed E-state index contributed by atoms with van der Waals surface area (Å²) in [5.74, 6) is 1.47. The maximum absolute atomic E-state index is 9.95. The molecular formula is C17H23ClN4O. The fourth-order valence-corrected chi connectivity index (χ4v) is 2.53. The van der Waals surface area contributed by atoms with Gasteiger partial charge in [0.25, 0.3) is 0 Å². The quantitative estimate of drug-likeness (QED) is 0.736. The average Bonchev–Trinajstić information content (AvgIpc) is 2.52. The minimum atomic E-state index is 0.114. The van der Waals surface area contributed by atoms with E-state index in [9.17, 15) is 5.11 Å². The summed E-state index contributed by atoms with van der Waals surface area (Å²) in [7, 11) is 0. The highest BCUT2D eigenvalue weighted by Gasteiger charge is 2.11. The Balaban J connectivity index is 2.38. The summed E-state index contributed by atoms with van der Waals surface area (Å²) >= 11 is 5.99. The van der Waals surface area contributed by atoms with E-state index in [0.29, 0.717) is 16.7 Å². The SMILES string of the molecule is CCCc1cc(N(CC)CC)nc(Nc2cc(Cl)ccc2O)n1. The van der Waals surface area contributed by atoms with Gasteiger partial charge < -0.3 is 15.3 Å². The zero-order valence-corrected chi connectivity index (χ0v) is 14.6. The van der Waals surface area contributed by atoms with Crippen molar-refractivity contribution in [3.8, 4) is 5.75 Å². The Hall–Kier alpha value is -2.01. The summed E-state index contributed by atoms with van der Waals surface area (Å²) < 4.78 is 0. The molecule has 1 aromatic carbocycles. The molecule has 0 spiro atoms. The Morgan fingerprint density at radius 1 is 1.13 bits per heavy atom. The number of nitrogens with zero attached hydrogens (tertiary/aromatic N) is 3. The number of phenols is 1. The van der Waals surface area contributed by atoms with Crippen molar-refractivity contribution in [1.29, 1.82) is 0 Å². The lowest BCUT2D eigenvalue weighted by Gasteiger charge is -2.21. The minimum Gasteiger partial charge on any atom is -0.506 e. The zero-order valence-electron chi connectivity index (χ0n) is 13.8. The van der Waals surface area contributed by atoms with Crippen molar-refractivity contribution >= 4 is 29.1 Å². The summed E-state index contributed by atoms with van der Waals surface area (Å²) in [5, 5.41) is 13.6. The lowest BCUT2D eigenvalue weighted by atomic mass is 10.2. The van der Waals surface area contributed by atoms with E-state index in [2.05, 4.69) is 41.0 Å². The maximum Gasteiger partial charge on any atom is 0.229 e. The fourth-order valence-electron chi connectivity index (χ4n) is 2.36. The maximum atomic E-state index is 9.95. The molecular weight excluding hydrogens is 312 g/mol. The molecule has 0 unspecified atom stereocenters. The molecule has 6 heteroatoms. The molecule has 0 saturated carbocycles. The molecule has 0 aliphatic rings. The first kappa shape index (κ1) is 17.3. The first-order valence-corrected chi connectivity index (χ1v) is 8.33. The second-order valence-electron chi connectivity index (χ2n) is 5.25. The first-order valence-electron chi connectivity index (χ1n) is 7.95. The molecule has 0 bridgehead atoms. The predicted molar refractivity (Wildman–Crippen MR) is 96.0 cm³/mol. The molecule has 0 saturated heterocycles. The molecule has 2 aromatic rings. The van der Waals surface area contributed by atoms with Crippen molar-refractivity contribution in [3.63, 3.8) is 0 Å². The normalized spacial score (nSPS) is 10.6. The topological polar surface area (TPSA) is 61.3 Å². The smallest absolute Gasteiger partial charge is 0.229 e. The van der Waals surface area contributed by atoms with Gasteiger partial charge in [0.2, 0.25) is 5.95 Å². The van der Waals surface area contributed by atoms with E-state index >= 15 is 0 Å². The van der Waals surface area contributed by atoms with Gasteiger partial charge in [0.1, 0.15) is 11.6 Å². The molecule has 2 N–H and O–H groups in total. The summed E-state index contributed by atoms with van der Waals surface area (Å²) in [6, 6.07) is 6.87. The zero-order chi connectivity index (χ0) is 16.8. The lowest BCUT2D eigenvalue weighted by Crippen LogP contribution is -2.23. The number of aromatic hydroxyl groups is 1. The monoisotopic (exact) mass is 334 g/mol. The van der Waals surface area contributed by atoms with Crippen LogP contribution in [0.4, 0.5) is 17.5 Å². The Morgan fingerprint density at radius 2 is 1.87 bits per heavy atom. The molecule has 0 aliphatic carbocycles. The summed E-state index contributed by atoms with van der Waals surface area (Å²) in [5.41, 5.74) is 1.48. The van der Waals surface area contributed by atoms with Crippen LogP contribution in [0.25, 0.3) is 0 Å². The van der Waals surface area contributed by atoms with E-state index < -0.39 is 0 Å². The van der Waals surface area contributed by atoms with E-state index in [0.717, 1.165) is 37.4 Å². The van der Waals surface area contributed by atoms with Crippen molar-refractivity contribution in [2.75, 3.05) is 23.3 Å². The van der Waals surface area contributed by atoms with Crippen LogP contribution in [0.5, 0.6) is 5.75 Å². The number of hydrogen-bond donors (Lipinski definition) is 2. The predicted octanol–water partition coefficient (Wildman–Crippen LogP) is 4.38. The van der Waals surface area contributed by atoms with Gasteiger partial charge in [-0.05, 0) is 38.5 Å². The highest BCUT2D eigenvalue weighted by atomic mass is 35.5. The molecule has 0 fully saturated rings. The third kappa shape index (κ3) is 4.48. The van der Waals surface area contributed by atoms with Crippen LogP contribution >= 0.6 is 11.6 Å². The van der Waals surface area contributed by atoms with Gasteiger partial charge in [0, 0.05) is 29.9 Å². The second kappa shape index (κ2) is 8.02. The number of nitrogens with one attached hydrogen (secondary N) is 1. The second-order valence-corrected chi connectivity index (χ2v) is 5.69. The molecule has 2 rings (SSSR count). The summed E-state index contributed by atoms with van der Waals surface area (Å²) in [6.07, 6.45) is 1.89. The molecule has 1 heterocycles. The Morgan fingerprint density at radius 3 is 2.52 bits per heavy atom. The molecule has 23 heavy (non-hydrogen) atoms. The number of halogens is 1.